The van der Waals surface area contributed by atoms with Crippen LogP contribution < -0.4 is 10.2 Å². The molecule has 0 saturated heterocycles. The maximum atomic E-state index is 12.4. The minimum Gasteiger partial charge on any atom is -0.425 e. The molecule has 0 bridgehead atoms. The van der Waals surface area contributed by atoms with Gasteiger partial charge in [-0.2, -0.15) is 0 Å². The maximum Gasteiger partial charge on any atom is 0.340 e. The second-order valence-electron chi connectivity index (χ2n) is 4.02. The number of nitrogens with one attached hydrogen (secondary N) is 2. The lowest BCUT2D eigenvalue weighted by atomic mass is 10.4. The number of carbonyl (C=O) groups is 2. The van der Waals surface area contributed by atoms with Crippen LogP contribution in [-0.2, 0) is 28.2 Å². The summed E-state index contributed by atoms with van der Waals surface area (Å²) in [5.74, 6) is -0.705. The van der Waals surface area contributed by atoms with Crippen LogP contribution in [0.2, 0.25) is 0 Å². The van der Waals surface area contributed by atoms with Gasteiger partial charge in [0.25, 0.3) is 0 Å². The summed E-state index contributed by atoms with van der Waals surface area (Å²) in [6.07, 6.45) is -1.06. The third-order valence-electron chi connectivity index (χ3n) is 2.05. The van der Waals surface area contributed by atoms with Crippen molar-refractivity contribution < 1.29 is 28.2 Å². The lowest BCUT2D eigenvalue weighted by Gasteiger charge is -2.21. The van der Waals surface area contributed by atoms with Crippen molar-refractivity contribution in [1.29, 1.82) is 0 Å². The number of esters is 2. The molecule has 0 heterocycles. The molecule has 8 nitrogen and oxygen atoms in total. The number of rotatable bonds is 12. The Labute approximate surface area is 139 Å². The maximum absolute atomic E-state index is 12.4. The predicted octanol–water partition coefficient (Wildman–Crippen LogP) is 1.61. The third kappa shape index (κ3) is 11.2. The quantitative estimate of drug-likeness (QED) is 0.228. The van der Waals surface area contributed by atoms with E-state index >= 15 is 0 Å². The molecule has 11 heteroatoms. The molecular weight excluding hydrogens is 358 g/mol. The number of ether oxygens (including phenoxy) is 2. The van der Waals surface area contributed by atoms with E-state index in [9.17, 15) is 14.2 Å². The van der Waals surface area contributed by atoms with Gasteiger partial charge in [-0.1, -0.05) is 0 Å². The second kappa shape index (κ2) is 12.1. The van der Waals surface area contributed by atoms with Gasteiger partial charge in [-0.15, -0.1) is 23.2 Å². The zero-order valence-corrected chi connectivity index (χ0v) is 14.9. The molecule has 0 aliphatic carbocycles. The van der Waals surface area contributed by atoms with Gasteiger partial charge in [-0.05, 0) is 0 Å². The molecule has 0 amide bonds. The summed E-state index contributed by atoms with van der Waals surface area (Å²) < 4.78 is 27.2. The van der Waals surface area contributed by atoms with Crippen LogP contribution in [0.4, 0.5) is 0 Å². The number of alkyl halides is 2. The zero-order chi connectivity index (χ0) is 17.0. The molecular formula is C11H21Cl2N2O6P. The van der Waals surface area contributed by atoms with Crippen LogP contribution in [0, 0.1) is 0 Å². The molecule has 0 atom stereocenters. The largest absolute Gasteiger partial charge is 0.425 e. The number of hydrogen-bond acceptors (Lipinski definition) is 6. The summed E-state index contributed by atoms with van der Waals surface area (Å²) in [6.45, 7) is 2.84. The Balaban J connectivity index is 4.44. The van der Waals surface area contributed by atoms with Gasteiger partial charge in [0.1, 0.15) is 0 Å². The summed E-state index contributed by atoms with van der Waals surface area (Å²) in [5.41, 5.74) is 0. The molecule has 0 rings (SSSR count). The van der Waals surface area contributed by atoms with Gasteiger partial charge in [-0.3, -0.25) is 14.2 Å². The Kier molecular flexibility index (Phi) is 11.9. The van der Waals surface area contributed by atoms with E-state index in [0.717, 1.165) is 0 Å². The Morgan fingerprint density at radius 1 is 1.05 bits per heavy atom. The monoisotopic (exact) mass is 378 g/mol. The van der Waals surface area contributed by atoms with Crippen LogP contribution in [0.1, 0.15) is 20.3 Å². The van der Waals surface area contributed by atoms with E-state index in [1.807, 2.05) is 0 Å². The summed E-state index contributed by atoms with van der Waals surface area (Å²) in [7, 11) is -3.33. The fourth-order valence-corrected chi connectivity index (χ4v) is 3.24. The average Bonchev–Trinajstić information content (AvgIpc) is 2.41. The third-order valence-corrected chi connectivity index (χ3v) is 4.25. The van der Waals surface area contributed by atoms with Crippen molar-refractivity contribution in [3.63, 3.8) is 0 Å². The van der Waals surface area contributed by atoms with Crippen molar-refractivity contribution >= 4 is 42.8 Å². The Bertz CT molecular complexity index is 371. The molecule has 0 aliphatic heterocycles. The highest BCUT2D eigenvalue weighted by Crippen LogP contribution is 2.37. The van der Waals surface area contributed by atoms with Gasteiger partial charge in [0.15, 0.2) is 0 Å². The zero-order valence-electron chi connectivity index (χ0n) is 12.5. The molecule has 0 aliphatic rings. The van der Waals surface area contributed by atoms with E-state index in [1.165, 1.54) is 13.8 Å². The first-order valence-electron chi connectivity index (χ1n) is 6.54. The number of hydrogen-bond donors (Lipinski definition) is 2. The number of halogens is 2. The fourth-order valence-electron chi connectivity index (χ4n) is 1.32. The lowest BCUT2D eigenvalue weighted by Crippen LogP contribution is -2.29. The Morgan fingerprint density at radius 3 is 1.86 bits per heavy atom. The molecule has 0 unspecified atom stereocenters. The standard InChI is InChI=1S/C11H21Cl2N2O6P/c1-9(16)20-11(21-10(2)17)3-8-19-22(18,14-6-4-12)15-7-5-13/h11H,3-8H2,1-2H3,(H2,14,15,18). The van der Waals surface area contributed by atoms with Gasteiger partial charge in [-0.25, -0.2) is 10.2 Å². The van der Waals surface area contributed by atoms with Gasteiger partial charge in [0, 0.05) is 45.1 Å². The molecule has 22 heavy (non-hydrogen) atoms. The van der Waals surface area contributed by atoms with Gasteiger partial charge in [0.2, 0.25) is 6.29 Å². The molecule has 0 aromatic rings. The van der Waals surface area contributed by atoms with E-state index in [-0.39, 0.29) is 37.9 Å². The predicted molar refractivity (Wildman–Crippen MR) is 82.9 cm³/mol. The smallest absolute Gasteiger partial charge is 0.340 e. The lowest BCUT2D eigenvalue weighted by molar-refractivity contribution is -0.186. The molecule has 0 fully saturated rings. The first-order chi connectivity index (χ1) is 10.3. The highest BCUT2D eigenvalue weighted by Gasteiger charge is 2.23. The Hall–Kier alpha value is -0.370. The highest BCUT2D eigenvalue weighted by molar-refractivity contribution is 7.54. The molecule has 0 radical (unpaired) electrons. The second-order valence-corrected chi connectivity index (χ2v) is 6.77. The molecule has 0 aromatic heterocycles. The normalized spacial score (nSPS) is 11.5. The molecule has 0 spiro atoms. The van der Waals surface area contributed by atoms with E-state index in [1.54, 1.807) is 0 Å². The minimum absolute atomic E-state index is 0.0360. The molecule has 2 N–H and O–H groups in total. The van der Waals surface area contributed by atoms with Crippen LogP contribution in [0.15, 0.2) is 0 Å². The van der Waals surface area contributed by atoms with Crippen molar-refractivity contribution in [2.24, 2.45) is 0 Å². The fraction of sp³-hybridized carbons (Fsp3) is 0.818. The first-order valence-corrected chi connectivity index (χ1v) is 9.23. The molecule has 0 aromatic carbocycles. The molecule has 130 valence electrons. The van der Waals surface area contributed by atoms with Crippen LogP contribution in [-0.4, -0.2) is 49.7 Å². The minimum atomic E-state index is -3.33. The van der Waals surface area contributed by atoms with Crippen LogP contribution in [0.25, 0.3) is 0 Å². The summed E-state index contributed by atoms with van der Waals surface area (Å²) in [5, 5.41) is 5.30. The molecule has 0 saturated carbocycles. The highest BCUT2D eigenvalue weighted by atomic mass is 35.5. The summed E-state index contributed by atoms with van der Waals surface area (Å²) >= 11 is 11.1. The average molecular weight is 379 g/mol. The van der Waals surface area contributed by atoms with Crippen LogP contribution >= 0.6 is 30.9 Å². The van der Waals surface area contributed by atoms with Gasteiger partial charge in [0.05, 0.1) is 6.61 Å². The van der Waals surface area contributed by atoms with Gasteiger partial charge < -0.3 is 14.0 Å². The van der Waals surface area contributed by atoms with E-state index in [4.69, 9.17) is 37.2 Å². The van der Waals surface area contributed by atoms with Crippen molar-refractivity contribution in [3.8, 4) is 0 Å². The van der Waals surface area contributed by atoms with Crippen molar-refractivity contribution in [1.82, 2.24) is 10.2 Å². The topological polar surface area (TPSA) is 103 Å². The summed E-state index contributed by atoms with van der Waals surface area (Å²) in [6, 6.07) is 0. The van der Waals surface area contributed by atoms with E-state index < -0.39 is 25.9 Å². The number of carbonyl (C=O) groups excluding carboxylic acids is 2. The van der Waals surface area contributed by atoms with Crippen molar-refractivity contribution in [2.75, 3.05) is 31.5 Å². The van der Waals surface area contributed by atoms with Crippen LogP contribution in [0.3, 0.4) is 0 Å². The van der Waals surface area contributed by atoms with Crippen molar-refractivity contribution in [2.45, 2.75) is 26.6 Å². The first kappa shape index (κ1) is 21.6. The van der Waals surface area contributed by atoms with Crippen molar-refractivity contribution in [3.05, 3.63) is 0 Å². The van der Waals surface area contributed by atoms with E-state index in [2.05, 4.69) is 10.2 Å². The van der Waals surface area contributed by atoms with Crippen LogP contribution in [0.5, 0.6) is 0 Å². The summed E-state index contributed by atoms with van der Waals surface area (Å²) in [4.78, 5) is 21.8. The van der Waals surface area contributed by atoms with Gasteiger partial charge >= 0.3 is 19.6 Å². The SMILES string of the molecule is CC(=O)OC(CCOP(=O)(NCCCl)NCCCl)OC(C)=O. The Morgan fingerprint density at radius 2 is 1.50 bits per heavy atom. The van der Waals surface area contributed by atoms with E-state index in [0.29, 0.717) is 0 Å².